The minimum atomic E-state index is -0.385. The number of hydrogen-bond donors (Lipinski definition) is 1. The number of aliphatic hydroxyl groups is 1. The van der Waals surface area contributed by atoms with Gasteiger partial charge in [-0.15, -0.1) is 0 Å². The molecule has 0 unspecified atom stereocenters. The number of aliphatic hydroxyl groups excluding tert-OH is 1. The number of hydrogen-bond acceptors (Lipinski definition) is 4. The van der Waals surface area contributed by atoms with E-state index in [2.05, 4.69) is 21.9 Å². The van der Waals surface area contributed by atoms with Crippen LogP contribution < -0.4 is 4.74 Å². The molecule has 1 aromatic heterocycles. The molecule has 0 radical (unpaired) electrons. The van der Waals surface area contributed by atoms with Gasteiger partial charge in [0.05, 0.1) is 12.2 Å². The predicted molar refractivity (Wildman–Crippen MR) is 70.3 cm³/mol. The summed E-state index contributed by atoms with van der Waals surface area (Å²) in [5.41, 5.74) is 0.445. The molecule has 0 spiro atoms. The molecule has 0 aliphatic heterocycles. The van der Waals surface area contributed by atoms with Crippen molar-refractivity contribution in [3.05, 3.63) is 41.7 Å². The van der Waals surface area contributed by atoms with E-state index in [1.807, 2.05) is 0 Å². The van der Waals surface area contributed by atoms with Crippen molar-refractivity contribution in [1.29, 1.82) is 0 Å². The van der Waals surface area contributed by atoms with E-state index in [-0.39, 0.29) is 19.0 Å². The summed E-state index contributed by atoms with van der Waals surface area (Å²) in [7, 11) is 1.76. The van der Waals surface area contributed by atoms with E-state index in [9.17, 15) is 4.39 Å². The highest BCUT2D eigenvalue weighted by molar-refractivity contribution is 5.46. The number of ether oxygens (including phenoxy) is 1. The molecule has 20 heavy (non-hydrogen) atoms. The first-order chi connectivity index (χ1) is 9.70. The van der Waals surface area contributed by atoms with Crippen molar-refractivity contribution in [2.45, 2.75) is 13.0 Å². The molecule has 5 nitrogen and oxygen atoms in total. The fourth-order valence-corrected chi connectivity index (χ4v) is 1.53. The molecule has 1 aromatic carbocycles. The van der Waals surface area contributed by atoms with Crippen LogP contribution in [0.3, 0.4) is 0 Å². The second-order valence-corrected chi connectivity index (χ2v) is 4.00. The molecule has 1 heterocycles. The Morgan fingerprint density at radius 1 is 1.45 bits per heavy atom. The van der Waals surface area contributed by atoms with Crippen LogP contribution in [0.5, 0.6) is 5.75 Å². The Bertz CT molecular complexity index is 643. The lowest BCUT2D eigenvalue weighted by Gasteiger charge is -2.07. The van der Waals surface area contributed by atoms with Crippen molar-refractivity contribution in [2.75, 3.05) is 6.61 Å². The number of benzene rings is 1. The summed E-state index contributed by atoms with van der Waals surface area (Å²) in [5, 5.41) is 12.6. The van der Waals surface area contributed by atoms with Gasteiger partial charge < -0.3 is 9.84 Å². The van der Waals surface area contributed by atoms with Gasteiger partial charge in [-0.3, -0.25) is 4.68 Å². The number of nitrogens with zero attached hydrogens (tertiary/aromatic N) is 3. The quantitative estimate of drug-likeness (QED) is 0.854. The third-order valence-corrected chi connectivity index (χ3v) is 2.56. The maximum Gasteiger partial charge on any atom is 0.164 e. The molecule has 0 saturated heterocycles. The Morgan fingerprint density at radius 3 is 3.00 bits per heavy atom. The maximum atomic E-state index is 13.2. The standard InChI is InChI=1S/C14H14FN3O2/c1-18-14(16-10-17-18)9-20-13-6-5-12(15)8-11(13)4-2-3-7-19/h5-6,8,10,19H,3,7,9H2,1H3. The number of rotatable bonds is 4. The highest BCUT2D eigenvalue weighted by atomic mass is 19.1. The van der Waals surface area contributed by atoms with Gasteiger partial charge in [-0.05, 0) is 18.2 Å². The molecular weight excluding hydrogens is 261 g/mol. The molecule has 0 saturated carbocycles. The van der Waals surface area contributed by atoms with Gasteiger partial charge in [-0.1, -0.05) is 11.8 Å². The third kappa shape index (κ3) is 3.56. The highest BCUT2D eigenvalue weighted by Crippen LogP contribution is 2.19. The largest absolute Gasteiger partial charge is 0.484 e. The summed E-state index contributed by atoms with van der Waals surface area (Å²) in [4.78, 5) is 4.04. The van der Waals surface area contributed by atoms with E-state index in [4.69, 9.17) is 9.84 Å². The lowest BCUT2D eigenvalue weighted by molar-refractivity contribution is 0.288. The van der Waals surface area contributed by atoms with E-state index < -0.39 is 0 Å². The van der Waals surface area contributed by atoms with Crippen molar-refractivity contribution in [2.24, 2.45) is 7.05 Å². The Labute approximate surface area is 116 Å². The van der Waals surface area contributed by atoms with Gasteiger partial charge >= 0.3 is 0 Å². The summed E-state index contributed by atoms with van der Waals surface area (Å²) in [6, 6.07) is 4.13. The van der Waals surface area contributed by atoms with E-state index in [1.54, 1.807) is 11.7 Å². The molecule has 2 rings (SSSR count). The Balaban J connectivity index is 2.15. The van der Waals surface area contributed by atoms with E-state index >= 15 is 0 Å². The smallest absolute Gasteiger partial charge is 0.164 e. The molecule has 104 valence electrons. The summed E-state index contributed by atoms with van der Waals surface area (Å²) in [6.45, 7) is 0.189. The molecule has 0 fully saturated rings. The van der Waals surface area contributed by atoms with Crippen LogP contribution in [-0.2, 0) is 13.7 Å². The molecule has 0 aliphatic rings. The Hall–Kier alpha value is -2.39. The molecule has 6 heteroatoms. The Morgan fingerprint density at radius 2 is 2.30 bits per heavy atom. The minimum absolute atomic E-state index is 0.0303. The van der Waals surface area contributed by atoms with Crippen LogP contribution in [0.15, 0.2) is 24.5 Å². The summed E-state index contributed by atoms with van der Waals surface area (Å²) in [6.07, 6.45) is 1.77. The van der Waals surface area contributed by atoms with E-state index in [0.717, 1.165) is 0 Å². The molecule has 2 aromatic rings. The summed E-state index contributed by atoms with van der Waals surface area (Å²) in [5.74, 6) is 6.27. The van der Waals surface area contributed by atoms with Crippen LogP contribution in [0.1, 0.15) is 17.8 Å². The van der Waals surface area contributed by atoms with Crippen LogP contribution in [0.25, 0.3) is 0 Å². The molecule has 0 bridgehead atoms. The predicted octanol–water partition coefficient (Wildman–Crippen LogP) is 1.27. The molecule has 0 amide bonds. The first-order valence-electron chi connectivity index (χ1n) is 6.05. The number of aryl methyl sites for hydroxylation is 1. The normalized spacial score (nSPS) is 9.95. The highest BCUT2D eigenvalue weighted by Gasteiger charge is 2.06. The number of halogens is 1. The van der Waals surface area contributed by atoms with Gasteiger partial charge in [-0.25, -0.2) is 9.37 Å². The van der Waals surface area contributed by atoms with Crippen LogP contribution >= 0.6 is 0 Å². The molecule has 0 aliphatic carbocycles. The zero-order chi connectivity index (χ0) is 14.4. The Kier molecular flexibility index (Phi) is 4.69. The first-order valence-corrected chi connectivity index (χ1v) is 6.05. The molecule has 0 atom stereocenters. The topological polar surface area (TPSA) is 60.2 Å². The zero-order valence-corrected chi connectivity index (χ0v) is 11.0. The lowest BCUT2D eigenvalue weighted by atomic mass is 10.2. The van der Waals surface area contributed by atoms with Gasteiger partial charge in [0.1, 0.15) is 24.5 Å². The first kappa shape index (κ1) is 14.0. The van der Waals surface area contributed by atoms with Crippen LogP contribution in [0.4, 0.5) is 4.39 Å². The van der Waals surface area contributed by atoms with Crippen molar-refractivity contribution in [1.82, 2.24) is 14.8 Å². The zero-order valence-electron chi connectivity index (χ0n) is 11.0. The van der Waals surface area contributed by atoms with Crippen molar-refractivity contribution in [3.63, 3.8) is 0 Å². The minimum Gasteiger partial charge on any atom is -0.484 e. The van der Waals surface area contributed by atoms with Crippen LogP contribution in [-0.4, -0.2) is 26.5 Å². The second-order valence-electron chi connectivity index (χ2n) is 4.00. The third-order valence-electron chi connectivity index (χ3n) is 2.56. The van der Waals surface area contributed by atoms with Crippen LogP contribution in [0.2, 0.25) is 0 Å². The fraction of sp³-hybridized carbons (Fsp3) is 0.286. The number of aromatic nitrogens is 3. The van der Waals surface area contributed by atoms with E-state index in [1.165, 1.54) is 24.5 Å². The van der Waals surface area contributed by atoms with Crippen molar-refractivity contribution < 1.29 is 14.2 Å². The van der Waals surface area contributed by atoms with Crippen molar-refractivity contribution in [3.8, 4) is 17.6 Å². The molecule has 1 N–H and O–H groups in total. The SMILES string of the molecule is Cn1ncnc1COc1ccc(F)cc1C#CCCO. The average molecular weight is 275 g/mol. The van der Waals surface area contributed by atoms with Gasteiger partial charge in [-0.2, -0.15) is 5.10 Å². The average Bonchev–Trinajstić information content (AvgIpc) is 2.84. The monoisotopic (exact) mass is 275 g/mol. The lowest BCUT2D eigenvalue weighted by Crippen LogP contribution is -2.05. The summed E-state index contributed by atoms with van der Waals surface area (Å²) >= 11 is 0. The van der Waals surface area contributed by atoms with Gasteiger partial charge in [0.2, 0.25) is 0 Å². The fourth-order valence-electron chi connectivity index (χ4n) is 1.53. The van der Waals surface area contributed by atoms with E-state index in [0.29, 0.717) is 23.6 Å². The molecular formula is C14H14FN3O2. The van der Waals surface area contributed by atoms with Gasteiger partial charge in [0.15, 0.2) is 5.82 Å². The van der Waals surface area contributed by atoms with Gasteiger partial charge in [0, 0.05) is 13.5 Å². The second kappa shape index (κ2) is 6.68. The van der Waals surface area contributed by atoms with Crippen molar-refractivity contribution >= 4 is 0 Å². The maximum absolute atomic E-state index is 13.2. The van der Waals surface area contributed by atoms with Crippen LogP contribution in [0, 0.1) is 17.7 Å². The van der Waals surface area contributed by atoms with Gasteiger partial charge in [0.25, 0.3) is 0 Å². The summed E-state index contributed by atoms with van der Waals surface area (Å²) < 4.78 is 20.4.